The molecular weight excluding hydrogens is 178 g/mol. The van der Waals surface area contributed by atoms with E-state index in [1.54, 1.807) is 13.2 Å². The molecule has 1 aliphatic carbocycles. The number of methoxy groups -OCH3 is 1. The molecule has 0 spiro atoms. The van der Waals surface area contributed by atoms with Crippen molar-refractivity contribution in [1.29, 1.82) is 0 Å². The number of nitrogens with two attached hydrogens (primary N) is 1. The van der Waals surface area contributed by atoms with Crippen molar-refractivity contribution in [2.24, 2.45) is 5.92 Å². The number of benzene rings is 1. The van der Waals surface area contributed by atoms with E-state index < -0.39 is 0 Å². The fourth-order valence-electron chi connectivity index (χ4n) is 1.29. The van der Waals surface area contributed by atoms with Crippen LogP contribution in [0.5, 0.6) is 11.5 Å². The summed E-state index contributed by atoms with van der Waals surface area (Å²) in [6.07, 6.45) is 2.58. The molecule has 2 rings (SSSR count). The molecule has 0 heterocycles. The van der Waals surface area contributed by atoms with Crippen LogP contribution in [0.25, 0.3) is 0 Å². The molecule has 76 valence electrons. The highest BCUT2D eigenvalue weighted by atomic mass is 16.5. The smallest absolute Gasteiger partial charge is 0.125 e. The van der Waals surface area contributed by atoms with Crippen molar-refractivity contribution in [2.75, 3.05) is 19.5 Å². The van der Waals surface area contributed by atoms with E-state index in [1.165, 1.54) is 12.8 Å². The third-order valence-electron chi connectivity index (χ3n) is 2.32. The van der Waals surface area contributed by atoms with Gasteiger partial charge in [0.2, 0.25) is 0 Å². The van der Waals surface area contributed by atoms with Crippen molar-refractivity contribution < 1.29 is 9.47 Å². The van der Waals surface area contributed by atoms with E-state index in [9.17, 15) is 0 Å². The van der Waals surface area contributed by atoms with Gasteiger partial charge in [0.1, 0.15) is 11.5 Å². The van der Waals surface area contributed by atoms with E-state index in [0.29, 0.717) is 5.69 Å². The van der Waals surface area contributed by atoms with E-state index >= 15 is 0 Å². The zero-order valence-electron chi connectivity index (χ0n) is 8.32. The lowest BCUT2D eigenvalue weighted by Crippen LogP contribution is -2.00. The Hall–Kier alpha value is -1.38. The van der Waals surface area contributed by atoms with Gasteiger partial charge in [-0.05, 0) is 18.8 Å². The van der Waals surface area contributed by atoms with Crippen LogP contribution in [0.3, 0.4) is 0 Å². The van der Waals surface area contributed by atoms with Crippen LogP contribution in [-0.4, -0.2) is 13.7 Å². The second kappa shape index (κ2) is 3.78. The quantitative estimate of drug-likeness (QED) is 0.744. The highest BCUT2D eigenvalue weighted by Gasteiger charge is 2.21. The fraction of sp³-hybridized carbons (Fsp3) is 0.455. The van der Waals surface area contributed by atoms with Gasteiger partial charge < -0.3 is 15.2 Å². The zero-order valence-corrected chi connectivity index (χ0v) is 8.32. The highest BCUT2D eigenvalue weighted by Crippen LogP contribution is 2.31. The van der Waals surface area contributed by atoms with Crippen LogP contribution in [0.4, 0.5) is 5.69 Å². The summed E-state index contributed by atoms with van der Waals surface area (Å²) in [6, 6.07) is 5.47. The van der Waals surface area contributed by atoms with Crippen LogP contribution >= 0.6 is 0 Å². The molecule has 3 heteroatoms. The Morgan fingerprint density at radius 1 is 1.29 bits per heavy atom. The second-order valence-corrected chi connectivity index (χ2v) is 3.70. The van der Waals surface area contributed by atoms with Crippen LogP contribution in [0.1, 0.15) is 12.8 Å². The SMILES string of the molecule is COc1cc(N)cc(OCC2CC2)c1. The average Bonchev–Trinajstić information content (AvgIpc) is 2.97. The molecule has 1 aromatic rings. The minimum Gasteiger partial charge on any atom is -0.497 e. The Labute approximate surface area is 83.8 Å². The molecule has 1 fully saturated rings. The predicted molar refractivity (Wildman–Crippen MR) is 55.6 cm³/mol. The van der Waals surface area contributed by atoms with Gasteiger partial charge in [0.25, 0.3) is 0 Å². The molecule has 0 saturated heterocycles. The summed E-state index contributed by atoms with van der Waals surface area (Å²) in [5.41, 5.74) is 6.37. The number of anilines is 1. The number of hydrogen-bond donors (Lipinski definition) is 1. The van der Waals surface area contributed by atoms with E-state index in [0.717, 1.165) is 24.0 Å². The third-order valence-corrected chi connectivity index (χ3v) is 2.32. The number of nitrogen functional groups attached to an aromatic ring is 1. The molecule has 0 unspecified atom stereocenters. The summed E-state index contributed by atoms with van der Waals surface area (Å²) in [5, 5.41) is 0. The van der Waals surface area contributed by atoms with Gasteiger partial charge in [-0.2, -0.15) is 0 Å². The lowest BCUT2D eigenvalue weighted by Gasteiger charge is -2.08. The normalized spacial score (nSPS) is 15.2. The maximum atomic E-state index is 5.70. The first-order valence-corrected chi connectivity index (χ1v) is 4.85. The van der Waals surface area contributed by atoms with Gasteiger partial charge in [-0.3, -0.25) is 0 Å². The van der Waals surface area contributed by atoms with Gasteiger partial charge in [0.15, 0.2) is 0 Å². The van der Waals surface area contributed by atoms with Crippen molar-refractivity contribution >= 4 is 5.69 Å². The fourth-order valence-corrected chi connectivity index (χ4v) is 1.29. The summed E-state index contributed by atoms with van der Waals surface area (Å²) >= 11 is 0. The summed E-state index contributed by atoms with van der Waals surface area (Å²) in [4.78, 5) is 0. The van der Waals surface area contributed by atoms with Gasteiger partial charge in [-0.25, -0.2) is 0 Å². The molecular formula is C11H15NO2. The van der Waals surface area contributed by atoms with Crippen molar-refractivity contribution in [3.63, 3.8) is 0 Å². The molecule has 0 aliphatic heterocycles. The molecule has 1 aliphatic rings. The van der Waals surface area contributed by atoms with E-state index in [-0.39, 0.29) is 0 Å². The van der Waals surface area contributed by atoms with Gasteiger partial charge in [0, 0.05) is 23.9 Å². The van der Waals surface area contributed by atoms with Gasteiger partial charge in [-0.1, -0.05) is 0 Å². The molecule has 0 aromatic heterocycles. The van der Waals surface area contributed by atoms with Gasteiger partial charge in [-0.15, -0.1) is 0 Å². The van der Waals surface area contributed by atoms with E-state index in [1.807, 2.05) is 12.1 Å². The molecule has 14 heavy (non-hydrogen) atoms. The Morgan fingerprint density at radius 2 is 2.00 bits per heavy atom. The average molecular weight is 193 g/mol. The van der Waals surface area contributed by atoms with Crippen LogP contribution in [-0.2, 0) is 0 Å². The van der Waals surface area contributed by atoms with E-state index in [2.05, 4.69) is 0 Å². The minimum atomic E-state index is 0.676. The van der Waals surface area contributed by atoms with E-state index in [4.69, 9.17) is 15.2 Å². The second-order valence-electron chi connectivity index (χ2n) is 3.70. The standard InChI is InChI=1S/C11H15NO2/c1-13-10-4-9(12)5-11(6-10)14-7-8-2-3-8/h4-6,8H,2-3,7,12H2,1H3. The first-order valence-electron chi connectivity index (χ1n) is 4.85. The van der Waals surface area contributed by atoms with Crippen molar-refractivity contribution in [3.05, 3.63) is 18.2 Å². The Kier molecular flexibility index (Phi) is 2.48. The topological polar surface area (TPSA) is 44.5 Å². The summed E-state index contributed by atoms with van der Waals surface area (Å²) in [7, 11) is 1.62. The maximum Gasteiger partial charge on any atom is 0.125 e. The van der Waals surface area contributed by atoms with Crippen LogP contribution < -0.4 is 15.2 Å². The number of ether oxygens (including phenoxy) is 2. The molecule has 0 atom stereocenters. The lowest BCUT2D eigenvalue weighted by atomic mass is 10.3. The zero-order chi connectivity index (χ0) is 9.97. The summed E-state index contributed by atoms with van der Waals surface area (Å²) < 4.78 is 10.7. The number of rotatable bonds is 4. The molecule has 1 saturated carbocycles. The first kappa shape index (κ1) is 9.19. The van der Waals surface area contributed by atoms with Crippen LogP contribution in [0, 0.1) is 5.92 Å². The molecule has 0 amide bonds. The predicted octanol–water partition coefficient (Wildman–Crippen LogP) is 2.07. The molecule has 0 bridgehead atoms. The molecule has 2 N–H and O–H groups in total. The van der Waals surface area contributed by atoms with Crippen molar-refractivity contribution in [3.8, 4) is 11.5 Å². The number of hydrogen-bond acceptors (Lipinski definition) is 3. The lowest BCUT2D eigenvalue weighted by molar-refractivity contribution is 0.298. The van der Waals surface area contributed by atoms with Crippen LogP contribution in [0.2, 0.25) is 0 Å². The van der Waals surface area contributed by atoms with Crippen molar-refractivity contribution in [2.45, 2.75) is 12.8 Å². The Balaban J connectivity index is 2.03. The maximum absolute atomic E-state index is 5.70. The van der Waals surface area contributed by atoms with Gasteiger partial charge in [0.05, 0.1) is 13.7 Å². The van der Waals surface area contributed by atoms with Crippen LogP contribution in [0.15, 0.2) is 18.2 Å². The Morgan fingerprint density at radius 3 is 2.64 bits per heavy atom. The van der Waals surface area contributed by atoms with Gasteiger partial charge >= 0.3 is 0 Å². The minimum absolute atomic E-state index is 0.676. The summed E-state index contributed by atoms with van der Waals surface area (Å²) in [5.74, 6) is 2.30. The highest BCUT2D eigenvalue weighted by molar-refractivity contribution is 5.50. The first-order chi connectivity index (χ1) is 6.78. The molecule has 1 aromatic carbocycles. The third kappa shape index (κ3) is 2.31. The van der Waals surface area contributed by atoms with Crippen molar-refractivity contribution in [1.82, 2.24) is 0 Å². The summed E-state index contributed by atoms with van der Waals surface area (Å²) in [6.45, 7) is 0.798. The Bertz CT molecular complexity index is 321. The molecule has 0 radical (unpaired) electrons. The largest absolute Gasteiger partial charge is 0.497 e. The monoisotopic (exact) mass is 193 g/mol. The molecule has 3 nitrogen and oxygen atoms in total.